The van der Waals surface area contributed by atoms with Crippen LogP contribution in [0.3, 0.4) is 0 Å². The van der Waals surface area contributed by atoms with Crippen LogP contribution in [0.25, 0.3) is 0 Å². The average molecular weight is 201 g/mol. The fraction of sp³-hybridized carbons (Fsp3) is 0.909. The SMILES string of the molecule is CCCCCOC(=O)C(N)C(C)(C)C. The topological polar surface area (TPSA) is 52.3 Å². The van der Waals surface area contributed by atoms with Gasteiger partial charge in [-0.15, -0.1) is 0 Å². The minimum Gasteiger partial charge on any atom is -0.465 e. The van der Waals surface area contributed by atoms with Crippen LogP contribution in [0.4, 0.5) is 0 Å². The molecule has 3 heteroatoms. The Kier molecular flexibility index (Phi) is 5.77. The van der Waals surface area contributed by atoms with Gasteiger partial charge in [0.1, 0.15) is 6.04 Å². The second kappa shape index (κ2) is 6.02. The number of hydrogen-bond acceptors (Lipinski definition) is 3. The molecule has 0 saturated heterocycles. The number of hydrogen-bond donors (Lipinski definition) is 1. The van der Waals surface area contributed by atoms with Gasteiger partial charge in [0, 0.05) is 0 Å². The van der Waals surface area contributed by atoms with E-state index in [4.69, 9.17) is 10.5 Å². The van der Waals surface area contributed by atoms with Crippen molar-refractivity contribution in [1.82, 2.24) is 0 Å². The highest BCUT2D eigenvalue weighted by atomic mass is 16.5. The fourth-order valence-electron chi connectivity index (χ4n) is 0.968. The van der Waals surface area contributed by atoms with Gasteiger partial charge in [0.25, 0.3) is 0 Å². The first kappa shape index (κ1) is 13.4. The van der Waals surface area contributed by atoms with Gasteiger partial charge >= 0.3 is 5.97 Å². The van der Waals surface area contributed by atoms with Gasteiger partial charge in [-0.1, -0.05) is 40.5 Å². The molecule has 0 spiro atoms. The van der Waals surface area contributed by atoms with Crippen molar-refractivity contribution in [3.63, 3.8) is 0 Å². The summed E-state index contributed by atoms with van der Waals surface area (Å²) in [6.07, 6.45) is 3.15. The third kappa shape index (κ3) is 5.22. The molecule has 0 aliphatic rings. The van der Waals surface area contributed by atoms with Gasteiger partial charge in [0.2, 0.25) is 0 Å². The van der Waals surface area contributed by atoms with Crippen LogP contribution in [-0.2, 0) is 9.53 Å². The van der Waals surface area contributed by atoms with Gasteiger partial charge in [-0.3, -0.25) is 4.79 Å². The molecule has 2 N–H and O–H groups in total. The summed E-state index contributed by atoms with van der Waals surface area (Å²) >= 11 is 0. The van der Waals surface area contributed by atoms with E-state index < -0.39 is 6.04 Å². The second-order valence-electron chi connectivity index (χ2n) is 4.72. The number of esters is 1. The Morgan fingerprint density at radius 1 is 1.36 bits per heavy atom. The first-order valence-electron chi connectivity index (χ1n) is 5.31. The third-order valence-electron chi connectivity index (χ3n) is 2.18. The first-order chi connectivity index (χ1) is 6.39. The molecule has 3 nitrogen and oxygen atoms in total. The van der Waals surface area contributed by atoms with E-state index in [-0.39, 0.29) is 11.4 Å². The lowest BCUT2D eigenvalue weighted by atomic mass is 9.87. The molecule has 0 radical (unpaired) electrons. The van der Waals surface area contributed by atoms with E-state index in [1.807, 2.05) is 20.8 Å². The number of carbonyl (C=O) groups is 1. The summed E-state index contributed by atoms with van der Waals surface area (Å²) in [5.74, 6) is -0.284. The lowest BCUT2D eigenvalue weighted by Crippen LogP contribution is -2.43. The van der Waals surface area contributed by atoms with Crippen molar-refractivity contribution in [2.75, 3.05) is 6.61 Å². The Labute approximate surface area is 87.0 Å². The van der Waals surface area contributed by atoms with E-state index in [0.29, 0.717) is 6.61 Å². The van der Waals surface area contributed by atoms with Crippen LogP contribution in [0, 0.1) is 5.41 Å². The third-order valence-corrected chi connectivity index (χ3v) is 2.18. The maximum Gasteiger partial charge on any atom is 0.323 e. The van der Waals surface area contributed by atoms with Crippen LogP contribution in [-0.4, -0.2) is 18.6 Å². The molecule has 0 heterocycles. The second-order valence-corrected chi connectivity index (χ2v) is 4.72. The van der Waals surface area contributed by atoms with Crippen molar-refractivity contribution in [2.24, 2.45) is 11.1 Å². The average Bonchev–Trinajstić information content (AvgIpc) is 2.09. The van der Waals surface area contributed by atoms with Crippen molar-refractivity contribution in [3.8, 4) is 0 Å². The zero-order valence-electron chi connectivity index (χ0n) is 9.80. The van der Waals surface area contributed by atoms with E-state index >= 15 is 0 Å². The zero-order valence-corrected chi connectivity index (χ0v) is 9.80. The summed E-state index contributed by atoms with van der Waals surface area (Å²) < 4.78 is 5.07. The van der Waals surface area contributed by atoms with Crippen molar-refractivity contribution >= 4 is 5.97 Å². The normalized spacial score (nSPS) is 13.8. The molecular weight excluding hydrogens is 178 g/mol. The van der Waals surface area contributed by atoms with Crippen molar-refractivity contribution in [2.45, 2.75) is 53.0 Å². The molecule has 1 unspecified atom stereocenters. The lowest BCUT2D eigenvalue weighted by molar-refractivity contribution is -0.147. The van der Waals surface area contributed by atoms with Crippen molar-refractivity contribution < 1.29 is 9.53 Å². The number of carbonyl (C=O) groups excluding carboxylic acids is 1. The largest absolute Gasteiger partial charge is 0.465 e. The van der Waals surface area contributed by atoms with Crippen LogP contribution in [0.1, 0.15) is 47.0 Å². The molecule has 0 rings (SSSR count). The monoisotopic (exact) mass is 201 g/mol. The molecule has 0 aliphatic heterocycles. The molecule has 0 aliphatic carbocycles. The van der Waals surface area contributed by atoms with Crippen LogP contribution >= 0.6 is 0 Å². The number of nitrogens with two attached hydrogens (primary N) is 1. The van der Waals surface area contributed by atoms with E-state index in [1.165, 1.54) is 0 Å². The minimum atomic E-state index is -0.524. The van der Waals surface area contributed by atoms with Gasteiger partial charge in [0.15, 0.2) is 0 Å². The maximum absolute atomic E-state index is 11.4. The Morgan fingerprint density at radius 2 is 1.93 bits per heavy atom. The van der Waals surface area contributed by atoms with Gasteiger partial charge in [0.05, 0.1) is 6.61 Å². The summed E-state index contributed by atoms with van der Waals surface area (Å²) in [4.78, 5) is 11.4. The predicted molar refractivity (Wildman–Crippen MR) is 57.9 cm³/mol. The standard InChI is InChI=1S/C11H23NO2/c1-5-6-7-8-14-10(13)9(12)11(2,3)4/h9H,5-8,12H2,1-4H3. The van der Waals surface area contributed by atoms with Gasteiger partial charge in [-0.25, -0.2) is 0 Å². The lowest BCUT2D eigenvalue weighted by Gasteiger charge is -2.24. The van der Waals surface area contributed by atoms with E-state index in [1.54, 1.807) is 0 Å². The molecule has 0 aromatic carbocycles. The molecule has 84 valence electrons. The summed E-state index contributed by atoms with van der Waals surface area (Å²) in [6, 6.07) is -0.524. The Hall–Kier alpha value is -0.570. The van der Waals surface area contributed by atoms with Gasteiger partial charge in [-0.05, 0) is 11.8 Å². The highest BCUT2D eigenvalue weighted by Gasteiger charge is 2.28. The van der Waals surface area contributed by atoms with Crippen molar-refractivity contribution in [3.05, 3.63) is 0 Å². The minimum absolute atomic E-state index is 0.220. The molecule has 14 heavy (non-hydrogen) atoms. The number of rotatable bonds is 5. The Bertz CT molecular complexity index is 173. The summed E-state index contributed by atoms with van der Waals surface area (Å²) in [5.41, 5.74) is 5.51. The number of ether oxygens (including phenoxy) is 1. The van der Waals surface area contributed by atoms with E-state index in [0.717, 1.165) is 19.3 Å². The predicted octanol–water partition coefficient (Wildman–Crippen LogP) is 2.09. The quantitative estimate of drug-likeness (QED) is 0.547. The van der Waals surface area contributed by atoms with Crippen LogP contribution in [0.2, 0.25) is 0 Å². The number of unbranched alkanes of at least 4 members (excludes halogenated alkanes) is 2. The molecule has 1 atom stereocenters. The van der Waals surface area contributed by atoms with Crippen LogP contribution < -0.4 is 5.73 Å². The fourth-order valence-corrected chi connectivity index (χ4v) is 0.968. The summed E-state index contributed by atoms with van der Waals surface area (Å²) in [6.45, 7) is 8.42. The molecule has 0 bridgehead atoms. The molecular formula is C11H23NO2. The molecule has 0 fully saturated rings. The summed E-state index contributed by atoms with van der Waals surface area (Å²) in [7, 11) is 0. The summed E-state index contributed by atoms with van der Waals surface area (Å²) in [5, 5.41) is 0. The molecule has 0 aromatic heterocycles. The van der Waals surface area contributed by atoms with E-state index in [2.05, 4.69) is 6.92 Å². The Balaban J connectivity index is 3.74. The molecule has 0 aromatic rings. The van der Waals surface area contributed by atoms with E-state index in [9.17, 15) is 4.79 Å². The highest BCUT2D eigenvalue weighted by molar-refractivity contribution is 5.76. The zero-order chi connectivity index (χ0) is 11.2. The first-order valence-corrected chi connectivity index (χ1v) is 5.31. The maximum atomic E-state index is 11.4. The smallest absolute Gasteiger partial charge is 0.323 e. The van der Waals surface area contributed by atoms with Crippen molar-refractivity contribution in [1.29, 1.82) is 0 Å². The Morgan fingerprint density at radius 3 is 2.36 bits per heavy atom. The molecule has 0 amide bonds. The van der Waals surface area contributed by atoms with Gasteiger partial charge < -0.3 is 10.5 Å². The van der Waals surface area contributed by atoms with Crippen LogP contribution in [0.15, 0.2) is 0 Å². The molecule has 0 saturated carbocycles. The highest BCUT2D eigenvalue weighted by Crippen LogP contribution is 2.18. The van der Waals surface area contributed by atoms with Gasteiger partial charge in [-0.2, -0.15) is 0 Å². The van der Waals surface area contributed by atoms with Crippen LogP contribution in [0.5, 0.6) is 0 Å².